The third kappa shape index (κ3) is 2.35. The van der Waals surface area contributed by atoms with Gasteiger partial charge in [0, 0.05) is 23.3 Å². The van der Waals surface area contributed by atoms with Crippen LogP contribution in [0, 0.1) is 6.92 Å². The quantitative estimate of drug-likeness (QED) is 0.732. The van der Waals surface area contributed by atoms with Crippen LogP contribution in [0.15, 0.2) is 23.6 Å². The molecule has 0 unspecified atom stereocenters. The van der Waals surface area contributed by atoms with E-state index in [4.69, 9.17) is 4.98 Å². The van der Waals surface area contributed by atoms with Crippen LogP contribution in [0.3, 0.4) is 0 Å². The molecule has 124 valence electrons. The highest BCUT2D eigenvalue weighted by Crippen LogP contribution is 2.44. The maximum atomic E-state index is 11.4. The van der Waals surface area contributed by atoms with E-state index in [1.807, 2.05) is 20.0 Å². The molecule has 1 aliphatic rings. The fraction of sp³-hybridized carbons (Fsp3) is 0.368. The standard InChI is InChI=1S/C19H20N2O2S/c1-11-20-15(10-24-11)18-17(12-5-3-4-6-12)14-8-7-13(19(22)23)9-16(14)21(18)2/h7-10,12H,3-6H2,1-2H3,(H,22,23). The van der Waals surface area contributed by atoms with E-state index in [0.717, 1.165) is 21.9 Å². The minimum Gasteiger partial charge on any atom is -0.478 e. The minimum atomic E-state index is -0.883. The highest BCUT2D eigenvalue weighted by Gasteiger charge is 2.27. The number of aromatic nitrogens is 2. The van der Waals surface area contributed by atoms with Gasteiger partial charge in [-0.1, -0.05) is 18.9 Å². The highest BCUT2D eigenvalue weighted by atomic mass is 32.1. The Hall–Kier alpha value is -2.14. The average molecular weight is 340 g/mol. The molecule has 2 heterocycles. The number of benzene rings is 1. The molecule has 0 spiro atoms. The number of nitrogens with zero attached hydrogens (tertiary/aromatic N) is 2. The maximum Gasteiger partial charge on any atom is 0.335 e. The lowest BCUT2D eigenvalue weighted by Gasteiger charge is -2.12. The zero-order valence-corrected chi connectivity index (χ0v) is 14.7. The number of aromatic carboxylic acids is 1. The Balaban J connectivity index is 2.02. The second-order valence-corrected chi connectivity index (χ2v) is 7.65. The van der Waals surface area contributed by atoms with Crippen molar-refractivity contribution in [2.75, 3.05) is 0 Å². The second kappa shape index (κ2) is 5.74. The number of hydrogen-bond donors (Lipinski definition) is 1. The monoisotopic (exact) mass is 340 g/mol. The molecule has 0 bridgehead atoms. The molecule has 4 rings (SSSR count). The first kappa shape index (κ1) is 15.4. The summed E-state index contributed by atoms with van der Waals surface area (Å²) in [6.07, 6.45) is 4.94. The lowest BCUT2D eigenvalue weighted by molar-refractivity contribution is 0.0697. The smallest absolute Gasteiger partial charge is 0.335 e. The average Bonchev–Trinajstić information content (AvgIpc) is 3.27. The van der Waals surface area contributed by atoms with Gasteiger partial charge >= 0.3 is 5.97 Å². The number of aryl methyl sites for hydroxylation is 2. The minimum absolute atomic E-state index is 0.335. The first-order valence-electron chi connectivity index (χ1n) is 8.34. The van der Waals surface area contributed by atoms with Crippen LogP contribution in [0.2, 0.25) is 0 Å². The predicted octanol–water partition coefficient (Wildman–Crippen LogP) is 4.97. The van der Waals surface area contributed by atoms with Crippen molar-refractivity contribution in [3.05, 3.63) is 39.7 Å². The Morgan fingerprint density at radius 2 is 2.08 bits per heavy atom. The summed E-state index contributed by atoms with van der Waals surface area (Å²) in [7, 11) is 2.02. The topological polar surface area (TPSA) is 55.1 Å². The number of rotatable bonds is 3. The Morgan fingerprint density at radius 3 is 2.71 bits per heavy atom. The molecule has 1 aromatic carbocycles. The first-order chi connectivity index (χ1) is 11.6. The van der Waals surface area contributed by atoms with Gasteiger partial charge in [-0.2, -0.15) is 0 Å². The number of carbonyl (C=O) groups is 1. The summed E-state index contributed by atoms with van der Waals surface area (Å²) in [6, 6.07) is 5.49. The van der Waals surface area contributed by atoms with Crippen molar-refractivity contribution in [1.29, 1.82) is 0 Å². The number of carboxylic acid groups (broad SMARTS) is 1. The van der Waals surface area contributed by atoms with Crippen LogP contribution in [0.5, 0.6) is 0 Å². The molecular weight excluding hydrogens is 320 g/mol. The molecule has 24 heavy (non-hydrogen) atoms. The van der Waals surface area contributed by atoms with E-state index in [-0.39, 0.29) is 0 Å². The zero-order valence-electron chi connectivity index (χ0n) is 13.9. The van der Waals surface area contributed by atoms with Crippen LogP contribution >= 0.6 is 11.3 Å². The Labute approximate surface area is 144 Å². The van der Waals surface area contributed by atoms with Crippen molar-refractivity contribution < 1.29 is 9.90 Å². The molecule has 1 aliphatic carbocycles. The second-order valence-electron chi connectivity index (χ2n) is 6.59. The fourth-order valence-electron chi connectivity index (χ4n) is 4.01. The van der Waals surface area contributed by atoms with Crippen LogP contribution in [-0.2, 0) is 7.05 Å². The molecule has 3 aromatic rings. The summed E-state index contributed by atoms with van der Waals surface area (Å²) < 4.78 is 2.13. The van der Waals surface area contributed by atoms with Crippen LogP contribution in [-0.4, -0.2) is 20.6 Å². The van der Waals surface area contributed by atoms with E-state index in [0.29, 0.717) is 11.5 Å². The van der Waals surface area contributed by atoms with Crippen molar-refractivity contribution in [3.63, 3.8) is 0 Å². The molecule has 0 amide bonds. The van der Waals surface area contributed by atoms with Gasteiger partial charge in [0.05, 0.1) is 22.0 Å². The van der Waals surface area contributed by atoms with Gasteiger partial charge in [0.25, 0.3) is 0 Å². The Morgan fingerprint density at radius 1 is 1.33 bits per heavy atom. The van der Waals surface area contributed by atoms with Gasteiger partial charge < -0.3 is 9.67 Å². The largest absolute Gasteiger partial charge is 0.478 e. The number of carboxylic acids is 1. The summed E-state index contributed by atoms with van der Waals surface area (Å²) in [6.45, 7) is 2.02. The number of thiazole rings is 1. The van der Waals surface area contributed by atoms with Crippen LogP contribution in [0.1, 0.15) is 52.5 Å². The summed E-state index contributed by atoms with van der Waals surface area (Å²) >= 11 is 1.66. The van der Waals surface area contributed by atoms with Gasteiger partial charge in [0.1, 0.15) is 0 Å². The number of hydrogen-bond acceptors (Lipinski definition) is 3. The molecule has 0 radical (unpaired) electrons. The molecule has 0 saturated heterocycles. The van der Waals surface area contributed by atoms with Crippen LogP contribution in [0.25, 0.3) is 22.3 Å². The molecule has 2 aromatic heterocycles. The molecule has 4 nitrogen and oxygen atoms in total. The van der Waals surface area contributed by atoms with Gasteiger partial charge in [-0.05, 0) is 43.4 Å². The van der Waals surface area contributed by atoms with E-state index in [9.17, 15) is 9.90 Å². The van der Waals surface area contributed by atoms with E-state index in [1.165, 1.54) is 36.6 Å². The molecule has 5 heteroatoms. The van der Waals surface area contributed by atoms with Gasteiger partial charge in [0.2, 0.25) is 0 Å². The lowest BCUT2D eigenvalue weighted by Crippen LogP contribution is -1.98. The van der Waals surface area contributed by atoms with Crippen LogP contribution in [0.4, 0.5) is 0 Å². The van der Waals surface area contributed by atoms with Crippen LogP contribution < -0.4 is 0 Å². The van der Waals surface area contributed by atoms with Gasteiger partial charge in [-0.3, -0.25) is 0 Å². The maximum absolute atomic E-state index is 11.4. The van der Waals surface area contributed by atoms with E-state index >= 15 is 0 Å². The summed E-state index contributed by atoms with van der Waals surface area (Å²) in [4.78, 5) is 16.1. The van der Waals surface area contributed by atoms with Crippen molar-refractivity contribution in [3.8, 4) is 11.4 Å². The lowest BCUT2D eigenvalue weighted by atomic mass is 9.93. The first-order valence-corrected chi connectivity index (χ1v) is 9.22. The van der Waals surface area contributed by atoms with Crippen molar-refractivity contribution in [1.82, 2.24) is 9.55 Å². The summed E-state index contributed by atoms with van der Waals surface area (Å²) in [5, 5.41) is 13.7. The Kier molecular flexibility index (Phi) is 3.68. The van der Waals surface area contributed by atoms with E-state index in [2.05, 4.69) is 9.95 Å². The van der Waals surface area contributed by atoms with E-state index < -0.39 is 5.97 Å². The number of fused-ring (bicyclic) bond motifs is 1. The predicted molar refractivity (Wildman–Crippen MR) is 96.9 cm³/mol. The SMILES string of the molecule is Cc1nc(-c2c(C3CCCC3)c3ccc(C(=O)O)cc3n2C)cs1. The van der Waals surface area contributed by atoms with Crippen molar-refractivity contribution >= 4 is 28.2 Å². The van der Waals surface area contributed by atoms with Crippen molar-refractivity contribution in [2.24, 2.45) is 7.05 Å². The van der Waals surface area contributed by atoms with E-state index in [1.54, 1.807) is 23.5 Å². The molecule has 0 aliphatic heterocycles. The molecule has 1 N–H and O–H groups in total. The summed E-state index contributed by atoms with van der Waals surface area (Å²) in [5.41, 5.74) is 4.84. The molecule has 1 fully saturated rings. The third-order valence-electron chi connectivity index (χ3n) is 5.11. The zero-order chi connectivity index (χ0) is 16.8. The van der Waals surface area contributed by atoms with Gasteiger partial charge in [-0.25, -0.2) is 9.78 Å². The van der Waals surface area contributed by atoms with Crippen molar-refractivity contribution in [2.45, 2.75) is 38.5 Å². The summed E-state index contributed by atoms with van der Waals surface area (Å²) in [5.74, 6) is -0.340. The normalized spacial score (nSPS) is 15.4. The highest BCUT2D eigenvalue weighted by molar-refractivity contribution is 7.09. The Bertz CT molecular complexity index is 932. The molecule has 1 saturated carbocycles. The van der Waals surface area contributed by atoms with Gasteiger partial charge in [0.15, 0.2) is 0 Å². The molecule has 0 atom stereocenters. The fourth-order valence-corrected chi connectivity index (χ4v) is 4.61. The van der Waals surface area contributed by atoms with Gasteiger partial charge in [-0.15, -0.1) is 11.3 Å². The third-order valence-corrected chi connectivity index (χ3v) is 5.89. The molecular formula is C19H20N2O2S.